The Bertz CT molecular complexity index is 828. The standard InChI is InChI=1S/C24H34N2O2/c27-24-26(22-14-4-5-15-23(22)28-24)18-9-7-11-20-10-6-8-17-25(19-16-20)21-12-2-1-3-13-21/h4-5,7,9,14-15,20-21H,1-3,6,8,10-13,16-19H2/b9-7+. The molecule has 1 saturated heterocycles. The summed E-state index contributed by atoms with van der Waals surface area (Å²) in [5, 5.41) is 0. The zero-order valence-corrected chi connectivity index (χ0v) is 17.0. The van der Waals surface area contributed by atoms with Crippen molar-refractivity contribution in [1.29, 1.82) is 0 Å². The zero-order chi connectivity index (χ0) is 19.2. The molecule has 152 valence electrons. The van der Waals surface area contributed by atoms with Crippen LogP contribution in [-0.4, -0.2) is 28.6 Å². The van der Waals surface area contributed by atoms with Gasteiger partial charge in [0.25, 0.3) is 0 Å². The zero-order valence-electron chi connectivity index (χ0n) is 17.0. The first kappa shape index (κ1) is 19.5. The topological polar surface area (TPSA) is 38.4 Å². The maximum Gasteiger partial charge on any atom is 0.420 e. The van der Waals surface area contributed by atoms with Crippen molar-refractivity contribution in [3.8, 4) is 0 Å². The lowest BCUT2D eigenvalue weighted by Gasteiger charge is -2.36. The van der Waals surface area contributed by atoms with Gasteiger partial charge in [-0.05, 0) is 63.2 Å². The highest BCUT2D eigenvalue weighted by atomic mass is 16.4. The molecule has 4 heteroatoms. The maximum atomic E-state index is 12.1. The van der Waals surface area contributed by atoms with Crippen molar-refractivity contribution in [3.05, 3.63) is 47.0 Å². The van der Waals surface area contributed by atoms with Gasteiger partial charge >= 0.3 is 5.76 Å². The number of oxazole rings is 1. The van der Waals surface area contributed by atoms with Crippen LogP contribution in [0.2, 0.25) is 0 Å². The Labute approximate surface area is 168 Å². The number of rotatable bonds is 5. The first-order chi connectivity index (χ1) is 13.8. The summed E-state index contributed by atoms with van der Waals surface area (Å²) in [6.45, 7) is 3.18. The molecule has 0 bridgehead atoms. The monoisotopic (exact) mass is 382 g/mol. The van der Waals surface area contributed by atoms with E-state index in [-0.39, 0.29) is 5.76 Å². The number of hydrogen-bond donors (Lipinski definition) is 0. The Morgan fingerprint density at radius 1 is 0.929 bits per heavy atom. The van der Waals surface area contributed by atoms with Gasteiger partial charge in [-0.25, -0.2) is 4.79 Å². The fraction of sp³-hybridized carbons (Fsp3) is 0.625. The van der Waals surface area contributed by atoms with Crippen LogP contribution >= 0.6 is 0 Å². The molecule has 1 aliphatic carbocycles. The predicted molar refractivity (Wildman–Crippen MR) is 115 cm³/mol. The Hall–Kier alpha value is -1.81. The van der Waals surface area contributed by atoms with Gasteiger partial charge in [0, 0.05) is 12.6 Å². The third kappa shape index (κ3) is 4.78. The molecule has 4 nitrogen and oxygen atoms in total. The molecule has 1 unspecified atom stereocenters. The normalized spacial score (nSPS) is 23.2. The van der Waals surface area contributed by atoms with E-state index in [1.807, 2.05) is 24.3 Å². The number of aromatic nitrogens is 1. The fourth-order valence-corrected chi connectivity index (χ4v) is 5.05. The third-order valence-corrected chi connectivity index (χ3v) is 6.72. The van der Waals surface area contributed by atoms with Crippen LogP contribution in [0.5, 0.6) is 0 Å². The molecule has 0 N–H and O–H groups in total. The van der Waals surface area contributed by atoms with Crippen molar-refractivity contribution in [2.75, 3.05) is 13.1 Å². The maximum absolute atomic E-state index is 12.1. The smallest absolute Gasteiger partial charge is 0.408 e. The van der Waals surface area contributed by atoms with E-state index in [2.05, 4.69) is 17.1 Å². The van der Waals surface area contributed by atoms with Gasteiger partial charge in [0.05, 0.1) is 5.52 Å². The molecule has 0 amide bonds. The number of likely N-dealkylation sites (tertiary alicyclic amines) is 1. The number of benzene rings is 1. The molecule has 2 heterocycles. The molecule has 2 aliphatic rings. The van der Waals surface area contributed by atoms with E-state index in [1.165, 1.54) is 70.9 Å². The summed E-state index contributed by atoms with van der Waals surface area (Å²) in [6, 6.07) is 8.50. The average molecular weight is 383 g/mol. The van der Waals surface area contributed by atoms with E-state index < -0.39 is 0 Å². The van der Waals surface area contributed by atoms with Crippen molar-refractivity contribution in [2.45, 2.75) is 76.8 Å². The van der Waals surface area contributed by atoms with E-state index in [1.54, 1.807) is 4.57 Å². The first-order valence-corrected chi connectivity index (χ1v) is 11.3. The van der Waals surface area contributed by atoms with Gasteiger partial charge in [-0.15, -0.1) is 0 Å². The van der Waals surface area contributed by atoms with Crippen LogP contribution in [-0.2, 0) is 6.54 Å². The van der Waals surface area contributed by atoms with Crippen LogP contribution in [0.3, 0.4) is 0 Å². The fourth-order valence-electron chi connectivity index (χ4n) is 5.05. The SMILES string of the molecule is O=c1oc2ccccc2n1C/C=C/CC1CCCCN(C2CCCCC2)CC1. The van der Waals surface area contributed by atoms with Gasteiger partial charge in [0.15, 0.2) is 5.58 Å². The molecular formula is C24H34N2O2. The minimum Gasteiger partial charge on any atom is -0.408 e. The van der Waals surface area contributed by atoms with Gasteiger partial charge < -0.3 is 9.32 Å². The largest absolute Gasteiger partial charge is 0.420 e. The summed E-state index contributed by atoms with van der Waals surface area (Å²) < 4.78 is 7.03. The predicted octanol–water partition coefficient (Wildman–Crippen LogP) is 5.37. The molecule has 0 radical (unpaired) electrons. The van der Waals surface area contributed by atoms with Gasteiger partial charge in [0.2, 0.25) is 0 Å². The minimum atomic E-state index is -0.264. The summed E-state index contributed by atoms with van der Waals surface area (Å²) in [5.74, 6) is 0.514. The van der Waals surface area contributed by atoms with Gasteiger partial charge in [0.1, 0.15) is 0 Å². The number of para-hydroxylation sites is 2. The van der Waals surface area contributed by atoms with E-state index in [9.17, 15) is 4.79 Å². The molecule has 1 aliphatic heterocycles. The summed E-state index contributed by atoms with van der Waals surface area (Å²) in [6.07, 6.45) is 18.0. The lowest BCUT2D eigenvalue weighted by atomic mass is 9.89. The second kappa shape index (κ2) is 9.60. The van der Waals surface area contributed by atoms with E-state index >= 15 is 0 Å². The summed E-state index contributed by atoms with van der Waals surface area (Å²) in [5.41, 5.74) is 1.55. The molecule has 28 heavy (non-hydrogen) atoms. The van der Waals surface area contributed by atoms with Crippen LogP contribution in [0.15, 0.2) is 45.6 Å². The Morgan fingerprint density at radius 2 is 1.75 bits per heavy atom. The number of fused-ring (bicyclic) bond motifs is 1. The van der Waals surface area contributed by atoms with Crippen LogP contribution in [0.25, 0.3) is 11.1 Å². The van der Waals surface area contributed by atoms with Gasteiger partial charge in [-0.2, -0.15) is 0 Å². The van der Waals surface area contributed by atoms with E-state index in [0.717, 1.165) is 23.9 Å². The van der Waals surface area contributed by atoms with Crippen LogP contribution in [0.4, 0.5) is 0 Å². The molecule has 4 rings (SSSR count). The van der Waals surface area contributed by atoms with E-state index in [4.69, 9.17) is 4.42 Å². The van der Waals surface area contributed by atoms with Crippen LogP contribution in [0, 0.1) is 5.92 Å². The highest BCUT2D eigenvalue weighted by molar-refractivity contribution is 5.72. The second-order valence-electron chi connectivity index (χ2n) is 8.63. The molecule has 0 spiro atoms. The molecular weight excluding hydrogens is 348 g/mol. The van der Waals surface area contributed by atoms with Crippen molar-refractivity contribution >= 4 is 11.1 Å². The van der Waals surface area contributed by atoms with Gasteiger partial charge in [-0.3, -0.25) is 4.57 Å². The highest BCUT2D eigenvalue weighted by Gasteiger charge is 2.23. The minimum absolute atomic E-state index is 0.264. The molecule has 2 fully saturated rings. The Morgan fingerprint density at radius 3 is 2.64 bits per heavy atom. The van der Waals surface area contributed by atoms with Crippen molar-refractivity contribution in [2.24, 2.45) is 5.92 Å². The first-order valence-electron chi connectivity index (χ1n) is 11.3. The average Bonchev–Trinajstić information content (AvgIpc) is 3.02. The highest BCUT2D eigenvalue weighted by Crippen LogP contribution is 2.27. The van der Waals surface area contributed by atoms with E-state index in [0.29, 0.717) is 12.1 Å². The Kier molecular flexibility index (Phi) is 6.69. The van der Waals surface area contributed by atoms with Gasteiger partial charge in [-0.1, -0.05) is 56.4 Å². The number of hydrogen-bond acceptors (Lipinski definition) is 3. The van der Waals surface area contributed by atoms with Crippen LogP contribution in [0.1, 0.15) is 64.2 Å². The summed E-state index contributed by atoms with van der Waals surface area (Å²) in [4.78, 5) is 14.9. The van der Waals surface area contributed by atoms with Crippen molar-refractivity contribution in [1.82, 2.24) is 9.47 Å². The lowest BCUT2D eigenvalue weighted by Crippen LogP contribution is -2.39. The van der Waals surface area contributed by atoms with Crippen LogP contribution < -0.4 is 5.76 Å². The third-order valence-electron chi connectivity index (χ3n) is 6.72. The molecule has 1 atom stereocenters. The molecule has 1 saturated carbocycles. The lowest BCUT2D eigenvalue weighted by molar-refractivity contribution is 0.131. The summed E-state index contributed by atoms with van der Waals surface area (Å²) in [7, 11) is 0. The molecule has 1 aromatic carbocycles. The number of allylic oxidation sites excluding steroid dienone is 2. The molecule has 2 aromatic rings. The number of nitrogens with zero attached hydrogens (tertiary/aromatic N) is 2. The molecule has 1 aromatic heterocycles. The van der Waals surface area contributed by atoms with Crippen molar-refractivity contribution < 1.29 is 4.42 Å². The quantitative estimate of drug-likeness (QED) is 0.653. The van der Waals surface area contributed by atoms with Crippen molar-refractivity contribution in [3.63, 3.8) is 0 Å². The summed E-state index contributed by atoms with van der Waals surface area (Å²) >= 11 is 0. The Balaban J connectivity index is 1.30. The second-order valence-corrected chi connectivity index (χ2v) is 8.63.